The molecule has 0 N–H and O–H groups in total. The van der Waals surface area contributed by atoms with E-state index in [1.54, 1.807) is 6.08 Å². The van der Waals surface area contributed by atoms with Crippen molar-refractivity contribution < 1.29 is 8.42 Å². The van der Waals surface area contributed by atoms with Crippen molar-refractivity contribution in [3.8, 4) is 0 Å². The highest BCUT2D eigenvalue weighted by atomic mass is 32.2. The van der Waals surface area contributed by atoms with Gasteiger partial charge in [-0.1, -0.05) is 30.4 Å². The van der Waals surface area contributed by atoms with Gasteiger partial charge in [-0.15, -0.1) is 0 Å². The zero-order chi connectivity index (χ0) is 12.0. The van der Waals surface area contributed by atoms with Crippen molar-refractivity contribution in [2.75, 3.05) is 0 Å². The number of aryl methyl sites for hydroxylation is 1. The number of fused-ring (bicyclic) bond motifs is 2. The first-order valence-electron chi connectivity index (χ1n) is 5.53. The highest BCUT2D eigenvalue weighted by Crippen LogP contribution is 2.39. The summed E-state index contributed by atoms with van der Waals surface area (Å²) in [6, 6.07) is 5.60. The molecule has 2 nitrogen and oxygen atoms in total. The molecule has 0 radical (unpaired) electrons. The lowest BCUT2D eigenvalue weighted by Gasteiger charge is -2.22. The lowest BCUT2D eigenvalue weighted by molar-refractivity contribution is 0.601. The number of hydrogen-bond donors (Lipinski definition) is 0. The Labute approximate surface area is 101 Å². The third-order valence-corrected chi connectivity index (χ3v) is 5.24. The average molecular weight is 244 g/mol. The Morgan fingerprint density at radius 3 is 2.88 bits per heavy atom. The topological polar surface area (TPSA) is 34.1 Å². The Morgan fingerprint density at radius 1 is 1.24 bits per heavy atom. The highest BCUT2D eigenvalue weighted by molar-refractivity contribution is 7.95. The Kier molecular flexibility index (Phi) is 2.13. The molecule has 1 aromatic carbocycles. The van der Waals surface area contributed by atoms with E-state index >= 15 is 0 Å². The molecule has 0 bridgehead atoms. The van der Waals surface area contributed by atoms with Gasteiger partial charge < -0.3 is 0 Å². The van der Waals surface area contributed by atoms with Crippen LogP contribution in [0.5, 0.6) is 0 Å². The summed E-state index contributed by atoms with van der Waals surface area (Å²) in [5.41, 5.74) is 2.52. The molecular formula is C14H12O2S. The fourth-order valence-corrected chi connectivity index (χ4v) is 4.30. The van der Waals surface area contributed by atoms with Gasteiger partial charge in [-0.2, -0.15) is 0 Å². The molecule has 0 saturated carbocycles. The second-order valence-corrected chi connectivity index (χ2v) is 6.18. The van der Waals surface area contributed by atoms with E-state index in [9.17, 15) is 8.42 Å². The molecule has 1 heterocycles. The first-order valence-corrected chi connectivity index (χ1v) is 7.01. The van der Waals surface area contributed by atoms with Gasteiger partial charge in [0.1, 0.15) is 0 Å². The van der Waals surface area contributed by atoms with Crippen molar-refractivity contribution in [3.05, 3.63) is 58.0 Å². The van der Waals surface area contributed by atoms with Crippen LogP contribution in [0.25, 0.3) is 6.08 Å². The van der Waals surface area contributed by atoms with Crippen molar-refractivity contribution in [3.63, 3.8) is 0 Å². The lowest BCUT2D eigenvalue weighted by Crippen LogP contribution is -2.15. The van der Waals surface area contributed by atoms with Gasteiger partial charge >= 0.3 is 0 Å². The molecule has 86 valence electrons. The van der Waals surface area contributed by atoms with Gasteiger partial charge in [0, 0.05) is 0 Å². The van der Waals surface area contributed by atoms with Gasteiger partial charge in [0.15, 0.2) is 0 Å². The minimum absolute atomic E-state index is 0.460. The Balaban J connectivity index is 2.41. The fourth-order valence-electron chi connectivity index (χ4n) is 2.40. The molecule has 1 aliphatic carbocycles. The fraction of sp³-hybridized carbons (Fsp3) is 0.143. The first-order chi connectivity index (χ1) is 8.10. The molecule has 0 atom stereocenters. The van der Waals surface area contributed by atoms with Crippen molar-refractivity contribution in [1.29, 1.82) is 0 Å². The lowest BCUT2D eigenvalue weighted by atomic mass is 10.0. The zero-order valence-corrected chi connectivity index (χ0v) is 10.3. The minimum Gasteiger partial charge on any atom is -0.218 e. The second kappa shape index (κ2) is 3.44. The van der Waals surface area contributed by atoms with Crippen LogP contribution in [0, 0.1) is 6.92 Å². The molecule has 2 aliphatic rings. The van der Waals surface area contributed by atoms with Gasteiger partial charge in [-0.05, 0) is 42.2 Å². The van der Waals surface area contributed by atoms with Crippen LogP contribution in [-0.4, -0.2) is 8.42 Å². The van der Waals surface area contributed by atoms with E-state index in [0.29, 0.717) is 16.2 Å². The van der Waals surface area contributed by atoms with Crippen LogP contribution < -0.4 is 0 Å². The summed E-state index contributed by atoms with van der Waals surface area (Å²) in [4.78, 5) is 0.923. The van der Waals surface area contributed by atoms with Crippen molar-refractivity contribution in [2.45, 2.75) is 18.2 Å². The maximum absolute atomic E-state index is 12.5. The van der Waals surface area contributed by atoms with Crippen molar-refractivity contribution in [2.24, 2.45) is 0 Å². The molecule has 0 saturated heterocycles. The molecule has 17 heavy (non-hydrogen) atoms. The third kappa shape index (κ3) is 1.42. The van der Waals surface area contributed by atoms with Crippen LogP contribution in [0.1, 0.15) is 17.5 Å². The average Bonchev–Trinajstić information content (AvgIpc) is 2.28. The third-order valence-electron chi connectivity index (χ3n) is 3.17. The standard InChI is InChI=1S/C14H12O2S/c1-10-5-4-7-12-9-11-6-2-3-8-13(11)17(15,16)14(10)12/h2-5,7-9H,6H2,1H3. The number of hydrogen-bond acceptors (Lipinski definition) is 2. The molecule has 1 aliphatic heterocycles. The van der Waals surface area contributed by atoms with E-state index in [1.807, 2.05) is 43.4 Å². The summed E-state index contributed by atoms with van der Waals surface area (Å²) in [5, 5.41) is 0. The molecule has 3 heteroatoms. The van der Waals surface area contributed by atoms with Crippen LogP contribution in [-0.2, 0) is 9.84 Å². The van der Waals surface area contributed by atoms with E-state index in [4.69, 9.17) is 0 Å². The number of rotatable bonds is 0. The summed E-state index contributed by atoms with van der Waals surface area (Å²) < 4.78 is 25.0. The Morgan fingerprint density at radius 2 is 2.06 bits per heavy atom. The van der Waals surface area contributed by atoms with Crippen molar-refractivity contribution >= 4 is 15.9 Å². The van der Waals surface area contributed by atoms with Crippen LogP contribution in [0.3, 0.4) is 0 Å². The monoisotopic (exact) mass is 244 g/mol. The number of benzene rings is 1. The van der Waals surface area contributed by atoms with E-state index < -0.39 is 9.84 Å². The van der Waals surface area contributed by atoms with E-state index in [-0.39, 0.29) is 0 Å². The Hall–Kier alpha value is -1.61. The van der Waals surface area contributed by atoms with Crippen LogP contribution >= 0.6 is 0 Å². The van der Waals surface area contributed by atoms with Crippen molar-refractivity contribution in [1.82, 2.24) is 0 Å². The van der Waals surface area contributed by atoms with Gasteiger partial charge in [-0.25, -0.2) is 8.42 Å². The number of sulfone groups is 1. The normalized spacial score (nSPS) is 20.1. The summed E-state index contributed by atoms with van der Waals surface area (Å²) in [6.07, 6.45) is 8.16. The second-order valence-electron chi connectivity index (χ2n) is 4.33. The van der Waals surface area contributed by atoms with E-state index in [2.05, 4.69) is 0 Å². The quantitative estimate of drug-likeness (QED) is 0.703. The van der Waals surface area contributed by atoms with Gasteiger partial charge in [0.2, 0.25) is 9.84 Å². The molecule has 0 unspecified atom stereocenters. The minimum atomic E-state index is -3.33. The Bertz CT molecular complexity index is 689. The molecule has 0 spiro atoms. The maximum Gasteiger partial charge on any atom is 0.207 e. The maximum atomic E-state index is 12.5. The highest BCUT2D eigenvalue weighted by Gasteiger charge is 2.31. The van der Waals surface area contributed by atoms with E-state index in [0.717, 1.165) is 16.7 Å². The van der Waals surface area contributed by atoms with Crippen LogP contribution in [0.2, 0.25) is 0 Å². The molecule has 0 amide bonds. The summed E-state index contributed by atoms with van der Waals surface area (Å²) >= 11 is 0. The van der Waals surface area contributed by atoms with Crippen LogP contribution in [0.4, 0.5) is 0 Å². The predicted molar refractivity (Wildman–Crippen MR) is 68.2 cm³/mol. The number of allylic oxidation sites excluding steroid dienone is 4. The predicted octanol–water partition coefficient (Wildman–Crippen LogP) is 3.01. The smallest absolute Gasteiger partial charge is 0.207 e. The largest absolute Gasteiger partial charge is 0.218 e. The van der Waals surface area contributed by atoms with E-state index in [1.165, 1.54) is 0 Å². The zero-order valence-electron chi connectivity index (χ0n) is 9.47. The van der Waals surface area contributed by atoms with Gasteiger partial charge in [0.25, 0.3) is 0 Å². The molecule has 0 aromatic heterocycles. The SMILES string of the molecule is Cc1cccc2c1S(=O)(=O)C1=CC=CCC1=C2. The first kappa shape index (κ1) is 10.5. The molecule has 0 fully saturated rings. The molecular weight excluding hydrogens is 232 g/mol. The van der Waals surface area contributed by atoms with Gasteiger partial charge in [-0.3, -0.25) is 0 Å². The molecule has 3 rings (SSSR count). The summed E-state index contributed by atoms with van der Waals surface area (Å²) in [6.45, 7) is 1.84. The summed E-state index contributed by atoms with van der Waals surface area (Å²) in [7, 11) is -3.33. The molecule has 1 aromatic rings. The van der Waals surface area contributed by atoms with Gasteiger partial charge in [0.05, 0.1) is 9.80 Å². The van der Waals surface area contributed by atoms with Crippen LogP contribution in [0.15, 0.2) is 51.8 Å². The summed E-state index contributed by atoms with van der Waals surface area (Å²) in [5.74, 6) is 0.